The molecule has 3 atom stereocenters. The molecule has 0 bridgehead atoms. The van der Waals surface area contributed by atoms with Crippen LogP contribution in [0.25, 0.3) is 0 Å². The minimum atomic E-state index is -1.08. The van der Waals surface area contributed by atoms with Crippen LogP contribution in [0.4, 0.5) is 0 Å². The fourth-order valence-corrected chi connectivity index (χ4v) is 4.49. The second-order valence-electron chi connectivity index (χ2n) is 8.56. The molecule has 27 heavy (non-hydrogen) atoms. The van der Waals surface area contributed by atoms with Crippen molar-refractivity contribution in [3.8, 4) is 0 Å². The lowest BCUT2D eigenvalue weighted by Crippen LogP contribution is -2.42. The maximum atomic E-state index is 11.8. The van der Waals surface area contributed by atoms with E-state index in [-0.39, 0.29) is 0 Å². The van der Waals surface area contributed by atoms with Gasteiger partial charge in [-0.3, -0.25) is 4.79 Å². The normalized spacial score (nSPS) is 25.0. The molecular weight excluding hydrogens is 340 g/mol. The number of carbonyl (C=O) groups is 1. The molecule has 0 aromatic heterocycles. The quantitative estimate of drug-likeness (QED) is 0.271. The molecule has 0 spiro atoms. The van der Waals surface area contributed by atoms with Crippen LogP contribution in [0.15, 0.2) is 0 Å². The van der Waals surface area contributed by atoms with Crippen LogP contribution in [-0.4, -0.2) is 35.0 Å². The van der Waals surface area contributed by atoms with E-state index in [1.54, 1.807) is 0 Å². The van der Waals surface area contributed by atoms with Crippen LogP contribution in [-0.2, 0) is 9.53 Å². The number of aliphatic hydroxyl groups excluding tert-OH is 1. The number of hydrogen-bond donors (Lipinski definition) is 2. The maximum Gasteiger partial charge on any atom is 0.314 e. The number of ether oxygens (including phenoxy) is 1. The number of methoxy groups -OCH3 is 1. The minimum absolute atomic E-state index is 0.479. The zero-order chi connectivity index (χ0) is 20.0. The van der Waals surface area contributed by atoms with E-state index in [9.17, 15) is 15.0 Å². The Labute approximate surface area is 167 Å². The van der Waals surface area contributed by atoms with Crippen molar-refractivity contribution < 1.29 is 19.7 Å². The fourth-order valence-electron chi connectivity index (χ4n) is 4.49. The number of esters is 1. The van der Waals surface area contributed by atoms with Crippen LogP contribution in [0.5, 0.6) is 0 Å². The fraction of sp³-hybridized carbons (Fsp3) is 0.957. The van der Waals surface area contributed by atoms with Gasteiger partial charge in [-0.05, 0) is 19.3 Å². The summed E-state index contributed by atoms with van der Waals surface area (Å²) in [6.45, 7) is 2.26. The number of aliphatic hydroxyl groups is 2. The van der Waals surface area contributed by atoms with Gasteiger partial charge in [-0.1, -0.05) is 96.8 Å². The molecule has 0 amide bonds. The van der Waals surface area contributed by atoms with Gasteiger partial charge in [-0.15, -0.1) is 0 Å². The number of unbranched alkanes of at least 4 members (excludes halogenated alkanes) is 13. The van der Waals surface area contributed by atoms with Crippen LogP contribution in [0, 0.1) is 5.92 Å². The van der Waals surface area contributed by atoms with Crippen molar-refractivity contribution >= 4 is 5.97 Å². The Bertz CT molecular complexity index is 385. The average molecular weight is 385 g/mol. The van der Waals surface area contributed by atoms with Crippen molar-refractivity contribution in [2.75, 3.05) is 7.11 Å². The monoisotopic (exact) mass is 384 g/mol. The van der Waals surface area contributed by atoms with Crippen molar-refractivity contribution in [1.29, 1.82) is 0 Å². The lowest BCUT2D eigenvalue weighted by atomic mass is 9.85. The first-order chi connectivity index (χ1) is 13.0. The Kier molecular flexibility index (Phi) is 13.0. The molecule has 1 saturated carbocycles. The maximum absolute atomic E-state index is 11.8. The van der Waals surface area contributed by atoms with Gasteiger partial charge in [0, 0.05) is 0 Å². The van der Waals surface area contributed by atoms with Gasteiger partial charge < -0.3 is 14.9 Å². The van der Waals surface area contributed by atoms with Gasteiger partial charge in [0.25, 0.3) is 0 Å². The third-order valence-corrected chi connectivity index (χ3v) is 6.26. The van der Waals surface area contributed by atoms with E-state index < -0.39 is 23.6 Å². The second kappa shape index (κ2) is 14.4. The first-order valence-electron chi connectivity index (χ1n) is 11.5. The molecule has 2 N–H and O–H groups in total. The highest BCUT2D eigenvalue weighted by molar-refractivity contribution is 5.75. The highest BCUT2D eigenvalue weighted by atomic mass is 16.5. The molecule has 0 aromatic carbocycles. The summed E-state index contributed by atoms with van der Waals surface area (Å²) in [7, 11) is 1.32. The van der Waals surface area contributed by atoms with Crippen molar-refractivity contribution in [3.05, 3.63) is 0 Å². The number of rotatable bonds is 16. The van der Waals surface area contributed by atoms with Crippen LogP contribution >= 0.6 is 0 Å². The first-order valence-corrected chi connectivity index (χ1v) is 11.5. The topological polar surface area (TPSA) is 66.8 Å². The van der Waals surface area contributed by atoms with E-state index in [0.717, 1.165) is 12.8 Å². The van der Waals surface area contributed by atoms with Gasteiger partial charge in [0.1, 0.15) is 5.92 Å². The summed E-state index contributed by atoms with van der Waals surface area (Å²) in [5.41, 5.74) is -1.08. The van der Waals surface area contributed by atoms with Gasteiger partial charge in [-0.2, -0.15) is 0 Å². The second-order valence-corrected chi connectivity index (χ2v) is 8.56. The van der Waals surface area contributed by atoms with Crippen molar-refractivity contribution in [3.63, 3.8) is 0 Å². The van der Waals surface area contributed by atoms with Gasteiger partial charge in [0.15, 0.2) is 0 Å². The number of carbonyl (C=O) groups excluding carboxylic acids is 1. The molecule has 1 aliphatic carbocycles. The Morgan fingerprint density at radius 2 is 1.33 bits per heavy atom. The molecule has 0 radical (unpaired) electrons. The van der Waals surface area contributed by atoms with E-state index in [1.165, 1.54) is 84.2 Å². The Morgan fingerprint density at radius 3 is 1.78 bits per heavy atom. The average Bonchev–Trinajstić information content (AvgIpc) is 2.96. The molecular formula is C23H44O4. The Hall–Kier alpha value is -0.610. The Balaban J connectivity index is 1.97. The summed E-state index contributed by atoms with van der Waals surface area (Å²) in [6.07, 6.45) is 19.0. The third kappa shape index (κ3) is 9.43. The van der Waals surface area contributed by atoms with E-state index in [4.69, 9.17) is 4.74 Å². The Morgan fingerprint density at radius 1 is 0.889 bits per heavy atom. The minimum Gasteiger partial charge on any atom is -0.469 e. The molecule has 0 aromatic rings. The lowest BCUT2D eigenvalue weighted by molar-refractivity contribution is -0.158. The van der Waals surface area contributed by atoms with Gasteiger partial charge in [-0.25, -0.2) is 0 Å². The van der Waals surface area contributed by atoms with Crippen LogP contribution in [0.3, 0.4) is 0 Å². The largest absolute Gasteiger partial charge is 0.469 e. The summed E-state index contributed by atoms with van der Waals surface area (Å²) < 4.78 is 4.77. The molecule has 4 heteroatoms. The SMILES string of the molecule is CCCCCCCCCCCCCCCC[C@]1(O)CC[C@H](O)[C@H]1C(=O)OC. The van der Waals surface area contributed by atoms with Gasteiger partial charge in [0.2, 0.25) is 0 Å². The van der Waals surface area contributed by atoms with E-state index in [1.807, 2.05) is 0 Å². The highest BCUT2D eigenvalue weighted by Gasteiger charge is 2.51. The van der Waals surface area contributed by atoms with E-state index >= 15 is 0 Å². The van der Waals surface area contributed by atoms with Crippen molar-refractivity contribution in [2.24, 2.45) is 5.92 Å². The molecule has 0 heterocycles. The van der Waals surface area contributed by atoms with Gasteiger partial charge >= 0.3 is 5.97 Å². The highest BCUT2D eigenvalue weighted by Crippen LogP contribution is 2.40. The molecule has 1 fully saturated rings. The predicted octanol–water partition coefficient (Wildman–Crippen LogP) is 5.53. The first kappa shape index (κ1) is 24.4. The van der Waals surface area contributed by atoms with Gasteiger partial charge in [0.05, 0.1) is 18.8 Å². The van der Waals surface area contributed by atoms with E-state index in [0.29, 0.717) is 19.3 Å². The summed E-state index contributed by atoms with van der Waals surface area (Å²) in [5, 5.41) is 20.7. The lowest BCUT2D eigenvalue weighted by Gasteiger charge is -2.29. The van der Waals surface area contributed by atoms with Crippen LogP contribution in [0.1, 0.15) is 116 Å². The molecule has 0 saturated heterocycles. The van der Waals surface area contributed by atoms with Crippen molar-refractivity contribution in [2.45, 2.75) is 128 Å². The molecule has 1 rings (SSSR count). The smallest absolute Gasteiger partial charge is 0.314 e. The molecule has 160 valence electrons. The number of hydrogen-bond acceptors (Lipinski definition) is 4. The summed E-state index contributed by atoms with van der Waals surface area (Å²) in [4.78, 5) is 11.8. The molecule has 0 aliphatic heterocycles. The molecule has 1 aliphatic rings. The summed E-state index contributed by atoms with van der Waals surface area (Å²) >= 11 is 0. The molecule has 0 unspecified atom stereocenters. The van der Waals surface area contributed by atoms with E-state index in [2.05, 4.69) is 6.92 Å². The third-order valence-electron chi connectivity index (χ3n) is 6.26. The van der Waals surface area contributed by atoms with Crippen LogP contribution < -0.4 is 0 Å². The molecule has 4 nitrogen and oxygen atoms in total. The van der Waals surface area contributed by atoms with Crippen molar-refractivity contribution in [1.82, 2.24) is 0 Å². The predicted molar refractivity (Wildman–Crippen MR) is 111 cm³/mol. The summed E-state index contributed by atoms with van der Waals surface area (Å²) in [6, 6.07) is 0. The zero-order valence-corrected chi connectivity index (χ0v) is 17.9. The zero-order valence-electron chi connectivity index (χ0n) is 17.9. The summed E-state index contributed by atoms with van der Waals surface area (Å²) in [5.74, 6) is -1.25. The van der Waals surface area contributed by atoms with Crippen LogP contribution in [0.2, 0.25) is 0 Å². The standard InChI is InChI=1S/C23H44O4/c1-3-4-5-6-7-8-9-10-11-12-13-14-15-16-18-23(26)19-17-20(24)21(23)22(25)27-2/h20-21,24,26H,3-19H2,1-2H3/t20-,21-,23-/m0/s1.